The van der Waals surface area contributed by atoms with Crippen molar-refractivity contribution in [2.24, 2.45) is 11.7 Å². The van der Waals surface area contributed by atoms with E-state index in [-0.39, 0.29) is 43.2 Å². The van der Waals surface area contributed by atoms with Crippen molar-refractivity contribution in [2.75, 3.05) is 20.3 Å². The summed E-state index contributed by atoms with van der Waals surface area (Å²) in [6.45, 7) is 0.632. The first-order chi connectivity index (χ1) is 14.9. The number of ether oxygens (including phenoxy) is 2. The topological polar surface area (TPSA) is 127 Å². The average molecular weight is 481 g/mol. The van der Waals surface area contributed by atoms with Crippen molar-refractivity contribution in [3.8, 4) is 11.5 Å². The molecule has 0 saturated heterocycles. The molecule has 2 amide bonds. The van der Waals surface area contributed by atoms with Gasteiger partial charge in [-0.25, -0.2) is 0 Å². The summed E-state index contributed by atoms with van der Waals surface area (Å²) in [5, 5.41) is 13.6. The predicted molar refractivity (Wildman–Crippen MR) is 125 cm³/mol. The number of carbonyl (C=O) groups excluding carboxylic acids is 2. The van der Waals surface area contributed by atoms with E-state index in [9.17, 15) is 9.59 Å². The van der Waals surface area contributed by atoms with Gasteiger partial charge in [-0.1, -0.05) is 23.7 Å². The van der Waals surface area contributed by atoms with E-state index in [1.54, 1.807) is 36.4 Å². The largest absolute Gasteiger partial charge is 0.497 e. The van der Waals surface area contributed by atoms with Crippen LogP contribution >= 0.6 is 24.0 Å². The van der Waals surface area contributed by atoms with Crippen LogP contribution in [0, 0.1) is 11.3 Å². The molecule has 2 aromatic carbocycles. The van der Waals surface area contributed by atoms with Gasteiger partial charge in [-0.05, 0) is 43.0 Å². The van der Waals surface area contributed by atoms with Crippen molar-refractivity contribution in [1.82, 2.24) is 10.6 Å². The Kier molecular flexibility index (Phi) is 9.16. The van der Waals surface area contributed by atoms with Crippen LogP contribution in [-0.2, 0) is 11.3 Å². The highest BCUT2D eigenvalue weighted by Crippen LogP contribution is 2.27. The van der Waals surface area contributed by atoms with E-state index < -0.39 is 0 Å². The standard InChI is InChI=1S/C22H25ClN4O4.ClH/c1-30-18-7-16(6-17(23)9-18)22(29)27-11-15-5-4-14(21(24)25)8-19(15)31-12-20(28)26-10-13-2-3-13;/h4-9,13H,2-3,10-12H2,1H3,(H3,24,25)(H,26,28)(H,27,29);1H. The molecule has 0 heterocycles. The number of nitrogens with one attached hydrogen (secondary N) is 3. The maximum atomic E-state index is 12.6. The van der Waals surface area contributed by atoms with Gasteiger partial charge in [0.1, 0.15) is 17.3 Å². The molecule has 0 bridgehead atoms. The molecule has 1 saturated carbocycles. The summed E-state index contributed by atoms with van der Waals surface area (Å²) in [5.41, 5.74) is 7.03. The Morgan fingerprint density at radius 2 is 1.91 bits per heavy atom. The SMILES string of the molecule is COc1cc(Cl)cc(C(=O)NCc2ccc(C(=N)N)cc2OCC(=O)NCC2CC2)c1.Cl. The third-order valence-electron chi connectivity index (χ3n) is 4.83. The van der Waals surface area contributed by atoms with Crippen LogP contribution < -0.4 is 25.8 Å². The molecule has 0 aromatic heterocycles. The normalized spacial score (nSPS) is 12.3. The number of nitrogen functional groups attached to an aromatic ring is 1. The molecule has 32 heavy (non-hydrogen) atoms. The van der Waals surface area contributed by atoms with Gasteiger partial charge < -0.3 is 25.8 Å². The lowest BCUT2D eigenvalue weighted by Gasteiger charge is -2.14. The molecule has 0 atom stereocenters. The number of rotatable bonds is 10. The Labute approximate surface area is 197 Å². The van der Waals surface area contributed by atoms with Gasteiger partial charge in [-0.2, -0.15) is 0 Å². The second kappa shape index (κ2) is 11.6. The van der Waals surface area contributed by atoms with Crippen LogP contribution in [0.25, 0.3) is 0 Å². The smallest absolute Gasteiger partial charge is 0.257 e. The highest BCUT2D eigenvalue weighted by Gasteiger charge is 2.21. The lowest BCUT2D eigenvalue weighted by molar-refractivity contribution is -0.123. The fourth-order valence-electron chi connectivity index (χ4n) is 2.87. The molecule has 0 unspecified atom stereocenters. The quantitative estimate of drug-likeness (QED) is 0.307. The molecule has 0 spiro atoms. The fourth-order valence-corrected chi connectivity index (χ4v) is 3.09. The van der Waals surface area contributed by atoms with E-state index in [0.29, 0.717) is 45.7 Å². The van der Waals surface area contributed by atoms with Crippen LogP contribution in [0.5, 0.6) is 11.5 Å². The fraction of sp³-hybridized carbons (Fsp3) is 0.318. The number of hydrogen-bond donors (Lipinski definition) is 4. The van der Waals surface area contributed by atoms with E-state index in [1.807, 2.05) is 0 Å². The molecule has 1 aliphatic carbocycles. The van der Waals surface area contributed by atoms with Crippen LogP contribution in [0.2, 0.25) is 5.02 Å². The van der Waals surface area contributed by atoms with Gasteiger partial charge in [-0.15, -0.1) is 12.4 Å². The van der Waals surface area contributed by atoms with Crippen LogP contribution in [0.1, 0.15) is 34.3 Å². The van der Waals surface area contributed by atoms with Gasteiger partial charge in [0.05, 0.1) is 7.11 Å². The summed E-state index contributed by atoms with van der Waals surface area (Å²) in [7, 11) is 1.49. The first-order valence-electron chi connectivity index (χ1n) is 9.85. The summed E-state index contributed by atoms with van der Waals surface area (Å²) in [6, 6.07) is 9.68. The first kappa shape index (κ1) is 25.3. The third kappa shape index (κ3) is 7.32. The first-order valence-corrected chi connectivity index (χ1v) is 10.2. The molecular formula is C22H26Cl2N4O4. The minimum absolute atomic E-state index is 0. The number of carbonyl (C=O) groups is 2. The highest BCUT2D eigenvalue weighted by molar-refractivity contribution is 6.31. The minimum Gasteiger partial charge on any atom is -0.497 e. The summed E-state index contributed by atoms with van der Waals surface area (Å²) in [6.07, 6.45) is 2.29. The van der Waals surface area contributed by atoms with Gasteiger partial charge in [0.25, 0.3) is 11.8 Å². The number of hydrogen-bond acceptors (Lipinski definition) is 5. The van der Waals surface area contributed by atoms with Crippen molar-refractivity contribution in [1.29, 1.82) is 5.41 Å². The molecule has 2 aromatic rings. The highest BCUT2D eigenvalue weighted by atomic mass is 35.5. The number of methoxy groups -OCH3 is 1. The molecule has 8 nitrogen and oxygen atoms in total. The summed E-state index contributed by atoms with van der Waals surface area (Å²) in [4.78, 5) is 24.6. The zero-order valence-corrected chi connectivity index (χ0v) is 19.1. The van der Waals surface area contributed by atoms with Gasteiger partial charge in [0, 0.05) is 34.8 Å². The Morgan fingerprint density at radius 3 is 2.56 bits per heavy atom. The number of benzene rings is 2. The summed E-state index contributed by atoms with van der Waals surface area (Å²) < 4.78 is 10.8. The summed E-state index contributed by atoms with van der Waals surface area (Å²) in [5.74, 6) is 0.735. The maximum absolute atomic E-state index is 12.6. The predicted octanol–water partition coefficient (Wildman–Crippen LogP) is 2.89. The zero-order chi connectivity index (χ0) is 22.4. The average Bonchev–Trinajstić information content (AvgIpc) is 3.58. The molecule has 1 fully saturated rings. The molecule has 172 valence electrons. The van der Waals surface area contributed by atoms with Crippen molar-refractivity contribution < 1.29 is 19.1 Å². The van der Waals surface area contributed by atoms with E-state index in [4.69, 9.17) is 32.2 Å². The number of halogens is 2. The van der Waals surface area contributed by atoms with Crippen LogP contribution in [-0.4, -0.2) is 37.9 Å². The Morgan fingerprint density at radius 1 is 1.16 bits per heavy atom. The Hall–Kier alpha value is -2.97. The van der Waals surface area contributed by atoms with Crippen molar-refractivity contribution in [3.63, 3.8) is 0 Å². The minimum atomic E-state index is -0.343. The molecule has 3 rings (SSSR count). The van der Waals surface area contributed by atoms with Gasteiger partial charge >= 0.3 is 0 Å². The van der Waals surface area contributed by atoms with E-state index >= 15 is 0 Å². The second-order valence-corrected chi connectivity index (χ2v) is 7.77. The van der Waals surface area contributed by atoms with Gasteiger partial charge in [0.15, 0.2) is 6.61 Å². The van der Waals surface area contributed by atoms with E-state index in [2.05, 4.69) is 10.6 Å². The Balaban J connectivity index is 0.00000363. The lowest BCUT2D eigenvalue weighted by atomic mass is 10.1. The maximum Gasteiger partial charge on any atom is 0.257 e. The van der Waals surface area contributed by atoms with Crippen LogP contribution in [0.15, 0.2) is 36.4 Å². The second-order valence-electron chi connectivity index (χ2n) is 7.33. The molecular weight excluding hydrogens is 455 g/mol. The molecule has 1 aliphatic rings. The Bertz CT molecular complexity index is 996. The lowest BCUT2D eigenvalue weighted by Crippen LogP contribution is -2.31. The molecule has 0 radical (unpaired) electrons. The molecule has 10 heteroatoms. The van der Waals surface area contributed by atoms with E-state index in [1.165, 1.54) is 7.11 Å². The van der Waals surface area contributed by atoms with Crippen molar-refractivity contribution >= 4 is 41.7 Å². The zero-order valence-electron chi connectivity index (χ0n) is 17.6. The monoisotopic (exact) mass is 480 g/mol. The molecule has 5 N–H and O–H groups in total. The van der Waals surface area contributed by atoms with E-state index in [0.717, 1.165) is 12.8 Å². The number of nitrogens with two attached hydrogens (primary N) is 1. The van der Waals surface area contributed by atoms with Crippen molar-refractivity contribution in [3.05, 3.63) is 58.1 Å². The van der Waals surface area contributed by atoms with Gasteiger partial charge in [-0.3, -0.25) is 15.0 Å². The number of amidine groups is 1. The van der Waals surface area contributed by atoms with Crippen LogP contribution in [0.4, 0.5) is 0 Å². The summed E-state index contributed by atoms with van der Waals surface area (Å²) >= 11 is 6.03. The van der Waals surface area contributed by atoms with Crippen LogP contribution in [0.3, 0.4) is 0 Å². The third-order valence-corrected chi connectivity index (χ3v) is 5.05. The van der Waals surface area contributed by atoms with Gasteiger partial charge in [0.2, 0.25) is 0 Å². The number of amides is 2. The molecule has 0 aliphatic heterocycles. The van der Waals surface area contributed by atoms with Crippen molar-refractivity contribution in [2.45, 2.75) is 19.4 Å².